The first-order chi connectivity index (χ1) is 9.82. The van der Waals surface area contributed by atoms with Gasteiger partial charge in [0.05, 0.1) is 22.1 Å². The van der Waals surface area contributed by atoms with Gasteiger partial charge in [-0.3, -0.25) is 10.1 Å². The Morgan fingerprint density at radius 3 is 2.71 bits per heavy atom. The molecule has 1 saturated heterocycles. The molecule has 0 N–H and O–H groups in total. The van der Waals surface area contributed by atoms with Crippen molar-refractivity contribution in [2.45, 2.75) is 19.0 Å². The van der Waals surface area contributed by atoms with Crippen LogP contribution < -0.4 is 4.90 Å². The van der Waals surface area contributed by atoms with E-state index in [9.17, 15) is 23.3 Å². The molecule has 0 bridgehead atoms. The molecule has 1 atom stereocenters. The van der Waals surface area contributed by atoms with Gasteiger partial charge in [0.1, 0.15) is 6.07 Å². The standard InChI is InChI=1S/C13H12F3N3O2/c14-13(15,16)10-2-1-5-18(8-10)12-4-3-11(19(20)21)6-9(12)7-17/h3-4,6,10H,1-2,5,8H2. The van der Waals surface area contributed by atoms with E-state index in [-0.39, 0.29) is 24.2 Å². The van der Waals surface area contributed by atoms with Gasteiger partial charge < -0.3 is 4.90 Å². The summed E-state index contributed by atoms with van der Waals surface area (Å²) in [5, 5.41) is 19.7. The van der Waals surface area contributed by atoms with Gasteiger partial charge in [-0.1, -0.05) is 0 Å². The van der Waals surface area contributed by atoms with Crippen molar-refractivity contribution in [2.75, 3.05) is 18.0 Å². The molecule has 8 heteroatoms. The fraction of sp³-hybridized carbons (Fsp3) is 0.462. The Hall–Kier alpha value is -2.30. The van der Waals surface area contributed by atoms with Crippen molar-refractivity contribution in [1.29, 1.82) is 5.26 Å². The molecule has 1 heterocycles. The zero-order chi connectivity index (χ0) is 15.6. The summed E-state index contributed by atoms with van der Waals surface area (Å²) in [5.41, 5.74) is 0.0868. The Kier molecular flexibility index (Phi) is 4.02. The maximum atomic E-state index is 12.8. The van der Waals surface area contributed by atoms with Gasteiger partial charge in [0.2, 0.25) is 0 Å². The van der Waals surface area contributed by atoms with Crippen LogP contribution >= 0.6 is 0 Å². The summed E-state index contributed by atoms with van der Waals surface area (Å²) in [6.45, 7) is 0.176. The maximum Gasteiger partial charge on any atom is 0.393 e. The Balaban J connectivity index is 2.29. The molecule has 1 fully saturated rings. The van der Waals surface area contributed by atoms with Crippen LogP contribution in [0.15, 0.2) is 18.2 Å². The van der Waals surface area contributed by atoms with Crippen LogP contribution in [-0.2, 0) is 0 Å². The van der Waals surface area contributed by atoms with Crippen molar-refractivity contribution in [1.82, 2.24) is 0 Å². The molecular formula is C13H12F3N3O2. The Labute approximate surface area is 118 Å². The van der Waals surface area contributed by atoms with Gasteiger partial charge >= 0.3 is 6.18 Å². The molecule has 0 spiro atoms. The van der Waals surface area contributed by atoms with Gasteiger partial charge in [-0.15, -0.1) is 0 Å². The quantitative estimate of drug-likeness (QED) is 0.621. The third-order valence-corrected chi connectivity index (χ3v) is 3.54. The minimum absolute atomic E-state index is 0.0204. The number of nitrogens with zero attached hydrogens (tertiary/aromatic N) is 3. The van der Waals surface area contributed by atoms with Crippen LogP contribution in [0.4, 0.5) is 24.5 Å². The average Bonchev–Trinajstić information content (AvgIpc) is 2.45. The van der Waals surface area contributed by atoms with Crippen molar-refractivity contribution in [2.24, 2.45) is 5.92 Å². The van der Waals surface area contributed by atoms with Crippen LogP contribution in [0, 0.1) is 27.4 Å². The number of rotatable bonds is 2. The molecular weight excluding hydrogens is 287 g/mol. The summed E-state index contributed by atoms with van der Waals surface area (Å²) in [6.07, 6.45) is -3.84. The lowest BCUT2D eigenvalue weighted by molar-refractivity contribution is -0.384. The van der Waals surface area contributed by atoms with Crippen molar-refractivity contribution in [3.05, 3.63) is 33.9 Å². The molecule has 1 aromatic rings. The highest BCUT2D eigenvalue weighted by Gasteiger charge is 2.42. The first-order valence-corrected chi connectivity index (χ1v) is 6.33. The third kappa shape index (κ3) is 3.24. The van der Waals surface area contributed by atoms with E-state index in [2.05, 4.69) is 0 Å². The zero-order valence-electron chi connectivity index (χ0n) is 10.9. The van der Waals surface area contributed by atoms with Crippen LogP contribution in [0.3, 0.4) is 0 Å². The summed E-state index contributed by atoms with van der Waals surface area (Å²) >= 11 is 0. The second-order valence-electron chi connectivity index (χ2n) is 4.90. The minimum atomic E-state index is -4.27. The summed E-state index contributed by atoms with van der Waals surface area (Å²) in [4.78, 5) is 11.5. The van der Waals surface area contributed by atoms with E-state index < -0.39 is 17.0 Å². The highest BCUT2D eigenvalue weighted by molar-refractivity contribution is 5.63. The smallest absolute Gasteiger partial charge is 0.370 e. The molecule has 0 aromatic heterocycles. The molecule has 1 aliphatic rings. The first-order valence-electron chi connectivity index (χ1n) is 6.33. The average molecular weight is 299 g/mol. The topological polar surface area (TPSA) is 70.2 Å². The number of halogens is 3. The van der Waals surface area contributed by atoms with Gasteiger partial charge in [-0.25, -0.2) is 0 Å². The number of anilines is 1. The van der Waals surface area contributed by atoms with Crippen molar-refractivity contribution in [3.8, 4) is 6.07 Å². The summed E-state index contributed by atoms with van der Waals surface area (Å²) in [7, 11) is 0. The normalized spacial score (nSPS) is 19.1. The second kappa shape index (κ2) is 5.60. The third-order valence-electron chi connectivity index (χ3n) is 3.54. The molecule has 0 saturated carbocycles. The SMILES string of the molecule is N#Cc1cc([N+](=O)[O-])ccc1N1CCCC(C(F)(F)F)C1. The molecule has 112 valence electrons. The molecule has 0 radical (unpaired) electrons. The number of alkyl halides is 3. The van der Waals surface area contributed by atoms with Gasteiger partial charge in [0.15, 0.2) is 0 Å². The summed E-state index contributed by atoms with van der Waals surface area (Å²) in [6, 6.07) is 5.45. The van der Waals surface area contributed by atoms with Crippen LogP contribution in [0.2, 0.25) is 0 Å². The number of hydrogen-bond donors (Lipinski definition) is 0. The lowest BCUT2D eigenvalue weighted by Crippen LogP contribution is -2.42. The van der Waals surface area contributed by atoms with Gasteiger partial charge in [0, 0.05) is 25.2 Å². The van der Waals surface area contributed by atoms with Crippen LogP contribution in [-0.4, -0.2) is 24.2 Å². The molecule has 1 aromatic carbocycles. The van der Waals surface area contributed by atoms with E-state index in [0.717, 1.165) is 6.07 Å². The maximum absolute atomic E-state index is 12.8. The fourth-order valence-electron chi connectivity index (χ4n) is 2.47. The highest BCUT2D eigenvalue weighted by Crippen LogP contribution is 2.36. The number of nitriles is 1. The zero-order valence-corrected chi connectivity index (χ0v) is 10.9. The summed E-state index contributed by atoms with van der Waals surface area (Å²) in [5.74, 6) is -1.44. The van der Waals surface area contributed by atoms with E-state index in [1.54, 1.807) is 0 Å². The molecule has 21 heavy (non-hydrogen) atoms. The number of benzene rings is 1. The molecule has 2 rings (SSSR count). The lowest BCUT2D eigenvalue weighted by atomic mass is 9.96. The van der Waals surface area contributed by atoms with E-state index in [0.29, 0.717) is 18.7 Å². The molecule has 5 nitrogen and oxygen atoms in total. The van der Waals surface area contributed by atoms with E-state index in [4.69, 9.17) is 5.26 Å². The number of non-ortho nitro benzene ring substituents is 1. The molecule has 0 aliphatic carbocycles. The van der Waals surface area contributed by atoms with Crippen molar-refractivity contribution in [3.63, 3.8) is 0 Å². The minimum Gasteiger partial charge on any atom is -0.370 e. The van der Waals surface area contributed by atoms with Gasteiger partial charge in [-0.2, -0.15) is 18.4 Å². The van der Waals surface area contributed by atoms with Gasteiger partial charge in [0.25, 0.3) is 5.69 Å². The van der Waals surface area contributed by atoms with Crippen molar-refractivity contribution >= 4 is 11.4 Å². The van der Waals surface area contributed by atoms with E-state index in [1.807, 2.05) is 6.07 Å². The Morgan fingerprint density at radius 2 is 2.14 bits per heavy atom. The highest BCUT2D eigenvalue weighted by atomic mass is 19.4. The van der Waals surface area contributed by atoms with E-state index in [1.165, 1.54) is 17.0 Å². The fourth-order valence-corrected chi connectivity index (χ4v) is 2.47. The van der Waals surface area contributed by atoms with Gasteiger partial charge in [-0.05, 0) is 18.9 Å². The second-order valence-corrected chi connectivity index (χ2v) is 4.90. The number of hydrogen-bond acceptors (Lipinski definition) is 4. The number of nitro groups is 1. The van der Waals surface area contributed by atoms with Crippen molar-refractivity contribution < 1.29 is 18.1 Å². The first kappa shape index (κ1) is 15.1. The molecule has 1 unspecified atom stereocenters. The Morgan fingerprint density at radius 1 is 1.43 bits per heavy atom. The number of piperidine rings is 1. The lowest BCUT2D eigenvalue weighted by Gasteiger charge is -2.35. The largest absolute Gasteiger partial charge is 0.393 e. The van der Waals surface area contributed by atoms with Crippen LogP contribution in [0.25, 0.3) is 0 Å². The Bertz CT molecular complexity index is 595. The summed E-state index contributed by atoms with van der Waals surface area (Å²) < 4.78 is 38.4. The predicted molar refractivity (Wildman–Crippen MR) is 68.8 cm³/mol. The van der Waals surface area contributed by atoms with Crippen LogP contribution in [0.1, 0.15) is 18.4 Å². The number of nitro benzene ring substituents is 1. The molecule has 0 amide bonds. The van der Waals surface area contributed by atoms with E-state index >= 15 is 0 Å². The predicted octanol–water partition coefficient (Wildman–Crippen LogP) is 3.25. The monoisotopic (exact) mass is 299 g/mol. The van der Waals surface area contributed by atoms with Crippen LogP contribution in [0.5, 0.6) is 0 Å². The molecule has 1 aliphatic heterocycles.